The fourth-order valence-electron chi connectivity index (χ4n) is 1.90. The van der Waals surface area contributed by atoms with Crippen molar-refractivity contribution in [2.75, 3.05) is 11.9 Å². The average molecular weight is 414 g/mol. The third kappa shape index (κ3) is 5.90. The highest BCUT2D eigenvalue weighted by molar-refractivity contribution is 9.10. The second kappa shape index (κ2) is 8.15. The van der Waals surface area contributed by atoms with Crippen molar-refractivity contribution in [3.05, 3.63) is 63.6 Å². The van der Waals surface area contributed by atoms with Crippen LogP contribution in [-0.2, 0) is 11.0 Å². The maximum Gasteiger partial charge on any atom is 0.416 e. The smallest absolute Gasteiger partial charge is 0.376 e. The van der Waals surface area contributed by atoms with Crippen LogP contribution in [0, 0.1) is 6.92 Å². The van der Waals surface area contributed by atoms with Gasteiger partial charge < -0.3 is 5.32 Å². The van der Waals surface area contributed by atoms with Crippen LogP contribution in [0.25, 0.3) is 0 Å². The number of nitrogens with zero attached hydrogens (tertiary/aromatic N) is 1. The maximum atomic E-state index is 12.6. The molecular formula is C17H15BrF3N3O. The molecule has 2 rings (SSSR count). The van der Waals surface area contributed by atoms with Gasteiger partial charge in [-0.2, -0.15) is 18.3 Å². The Labute approximate surface area is 151 Å². The van der Waals surface area contributed by atoms with Gasteiger partial charge >= 0.3 is 6.18 Å². The molecule has 0 aliphatic heterocycles. The molecule has 25 heavy (non-hydrogen) atoms. The highest BCUT2D eigenvalue weighted by atomic mass is 79.9. The Morgan fingerprint density at radius 2 is 2.00 bits per heavy atom. The van der Waals surface area contributed by atoms with Crippen LogP contribution in [0.15, 0.2) is 52.0 Å². The number of anilines is 1. The first-order chi connectivity index (χ1) is 11.8. The lowest BCUT2D eigenvalue weighted by Crippen LogP contribution is -2.26. The fraction of sp³-hybridized carbons (Fsp3) is 0.176. The van der Waals surface area contributed by atoms with Crippen LogP contribution in [0.1, 0.15) is 16.7 Å². The summed E-state index contributed by atoms with van der Waals surface area (Å²) in [6, 6.07) is 10.2. The van der Waals surface area contributed by atoms with Crippen LogP contribution in [-0.4, -0.2) is 18.7 Å². The molecule has 2 aromatic rings. The predicted molar refractivity (Wildman–Crippen MR) is 94.5 cm³/mol. The Kier molecular flexibility index (Phi) is 6.19. The number of amides is 1. The summed E-state index contributed by atoms with van der Waals surface area (Å²) in [5.74, 6) is -0.472. The Hall–Kier alpha value is -2.35. The van der Waals surface area contributed by atoms with E-state index in [0.717, 1.165) is 27.7 Å². The molecule has 2 N–H and O–H groups in total. The molecule has 132 valence electrons. The number of nitrogens with one attached hydrogen (secondary N) is 2. The topological polar surface area (TPSA) is 53.5 Å². The van der Waals surface area contributed by atoms with Crippen LogP contribution < -0.4 is 10.7 Å². The Balaban J connectivity index is 1.86. The van der Waals surface area contributed by atoms with E-state index in [4.69, 9.17) is 0 Å². The van der Waals surface area contributed by atoms with Gasteiger partial charge in [-0.05, 0) is 42.3 Å². The van der Waals surface area contributed by atoms with Crippen molar-refractivity contribution in [3.8, 4) is 0 Å². The molecule has 0 saturated carbocycles. The molecule has 2 aromatic carbocycles. The standard InChI is InChI=1S/C17H15BrF3N3O/c1-11-5-6-12(7-15(11)18)9-23-24-16(25)10-22-14-4-2-3-13(8-14)17(19,20)21/h2-9,22H,10H2,1H3,(H,24,25)/b23-9-. The molecule has 0 aromatic heterocycles. The maximum absolute atomic E-state index is 12.6. The van der Waals surface area contributed by atoms with Gasteiger partial charge in [0.1, 0.15) is 0 Å². The van der Waals surface area contributed by atoms with Gasteiger partial charge in [0.25, 0.3) is 5.91 Å². The van der Waals surface area contributed by atoms with Gasteiger partial charge in [0.2, 0.25) is 0 Å². The van der Waals surface area contributed by atoms with Crippen molar-refractivity contribution < 1.29 is 18.0 Å². The molecule has 0 aliphatic rings. The summed E-state index contributed by atoms with van der Waals surface area (Å²) in [7, 11) is 0. The number of alkyl halides is 3. The number of halogens is 4. The lowest BCUT2D eigenvalue weighted by atomic mass is 10.2. The van der Waals surface area contributed by atoms with Crippen molar-refractivity contribution in [2.45, 2.75) is 13.1 Å². The first kappa shape index (κ1) is 19.0. The molecule has 0 radical (unpaired) electrons. The summed E-state index contributed by atoms with van der Waals surface area (Å²) in [6.07, 6.45) is -2.95. The Morgan fingerprint density at radius 3 is 2.68 bits per heavy atom. The second-order valence-electron chi connectivity index (χ2n) is 5.23. The third-order valence-electron chi connectivity index (χ3n) is 3.24. The zero-order valence-corrected chi connectivity index (χ0v) is 14.8. The number of carbonyl (C=O) groups is 1. The zero-order chi connectivity index (χ0) is 18.4. The summed E-state index contributed by atoms with van der Waals surface area (Å²) < 4.78 is 38.8. The van der Waals surface area contributed by atoms with Gasteiger partial charge in [0.05, 0.1) is 18.3 Å². The summed E-state index contributed by atoms with van der Waals surface area (Å²) in [5, 5.41) is 6.44. The van der Waals surface area contributed by atoms with Gasteiger partial charge in [-0.25, -0.2) is 5.43 Å². The minimum Gasteiger partial charge on any atom is -0.376 e. The van der Waals surface area contributed by atoms with E-state index in [1.165, 1.54) is 18.3 Å². The first-order valence-electron chi connectivity index (χ1n) is 7.25. The molecule has 0 saturated heterocycles. The second-order valence-corrected chi connectivity index (χ2v) is 6.09. The van der Waals surface area contributed by atoms with Crippen molar-refractivity contribution in [2.24, 2.45) is 5.10 Å². The van der Waals surface area contributed by atoms with E-state index in [2.05, 4.69) is 31.8 Å². The van der Waals surface area contributed by atoms with Crippen LogP contribution in [0.3, 0.4) is 0 Å². The largest absolute Gasteiger partial charge is 0.416 e. The number of benzene rings is 2. The average Bonchev–Trinajstić information content (AvgIpc) is 2.56. The molecule has 0 bridgehead atoms. The van der Waals surface area contributed by atoms with Crippen LogP contribution in [0.5, 0.6) is 0 Å². The van der Waals surface area contributed by atoms with Gasteiger partial charge in [0.15, 0.2) is 0 Å². The van der Waals surface area contributed by atoms with Crippen molar-refractivity contribution in [3.63, 3.8) is 0 Å². The quantitative estimate of drug-likeness (QED) is 0.565. The van der Waals surface area contributed by atoms with E-state index in [1.807, 2.05) is 25.1 Å². The lowest BCUT2D eigenvalue weighted by molar-refractivity contribution is -0.137. The molecule has 0 heterocycles. The van der Waals surface area contributed by atoms with E-state index >= 15 is 0 Å². The van der Waals surface area contributed by atoms with Gasteiger partial charge in [-0.15, -0.1) is 0 Å². The van der Waals surface area contributed by atoms with Gasteiger partial charge in [-0.3, -0.25) is 4.79 Å². The van der Waals surface area contributed by atoms with E-state index < -0.39 is 17.6 Å². The number of aryl methyl sites for hydroxylation is 1. The normalized spacial score (nSPS) is 11.6. The molecule has 0 aliphatic carbocycles. The highest BCUT2D eigenvalue weighted by Crippen LogP contribution is 2.30. The van der Waals surface area contributed by atoms with Crippen molar-refractivity contribution >= 4 is 33.7 Å². The fourth-order valence-corrected chi connectivity index (χ4v) is 2.29. The van der Waals surface area contributed by atoms with Crippen LogP contribution in [0.4, 0.5) is 18.9 Å². The molecule has 1 amide bonds. The van der Waals surface area contributed by atoms with E-state index in [0.29, 0.717) is 0 Å². The van der Waals surface area contributed by atoms with E-state index in [-0.39, 0.29) is 12.2 Å². The van der Waals surface area contributed by atoms with E-state index in [1.54, 1.807) is 0 Å². The summed E-state index contributed by atoms with van der Waals surface area (Å²) in [4.78, 5) is 11.7. The number of rotatable bonds is 5. The SMILES string of the molecule is Cc1ccc(/C=N\NC(=O)CNc2cccc(C(F)(F)F)c2)cc1Br. The Morgan fingerprint density at radius 1 is 1.24 bits per heavy atom. The Bertz CT molecular complexity index is 791. The lowest BCUT2D eigenvalue weighted by Gasteiger charge is -2.10. The first-order valence-corrected chi connectivity index (χ1v) is 8.04. The monoisotopic (exact) mass is 413 g/mol. The number of hydrazone groups is 1. The molecule has 0 spiro atoms. The van der Waals surface area contributed by atoms with Crippen LogP contribution in [0.2, 0.25) is 0 Å². The number of hydrogen-bond donors (Lipinski definition) is 2. The molecule has 4 nitrogen and oxygen atoms in total. The molecule has 0 atom stereocenters. The molecule has 0 fully saturated rings. The highest BCUT2D eigenvalue weighted by Gasteiger charge is 2.30. The van der Waals surface area contributed by atoms with Gasteiger partial charge in [0, 0.05) is 10.2 Å². The molecular weight excluding hydrogens is 399 g/mol. The van der Waals surface area contributed by atoms with Crippen LogP contribution >= 0.6 is 15.9 Å². The zero-order valence-electron chi connectivity index (χ0n) is 13.2. The third-order valence-corrected chi connectivity index (χ3v) is 4.10. The molecule has 0 unspecified atom stereocenters. The summed E-state index contributed by atoms with van der Waals surface area (Å²) >= 11 is 3.40. The summed E-state index contributed by atoms with van der Waals surface area (Å²) in [5.41, 5.74) is 3.61. The number of carbonyl (C=O) groups excluding carboxylic acids is 1. The van der Waals surface area contributed by atoms with Crippen molar-refractivity contribution in [1.29, 1.82) is 0 Å². The van der Waals surface area contributed by atoms with Gasteiger partial charge in [-0.1, -0.05) is 34.1 Å². The van der Waals surface area contributed by atoms with E-state index in [9.17, 15) is 18.0 Å². The molecule has 8 heteroatoms. The predicted octanol–water partition coefficient (Wildman–Crippen LogP) is 4.34. The number of hydrogen-bond acceptors (Lipinski definition) is 3. The minimum absolute atomic E-state index is 0.198. The minimum atomic E-state index is -4.42. The summed E-state index contributed by atoms with van der Waals surface area (Å²) in [6.45, 7) is 1.75. The van der Waals surface area contributed by atoms with Crippen molar-refractivity contribution in [1.82, 2.24) is 5.43 Å².